The van der Waals surface area contributed by atoms with E-state index in [1.807, 2.05) is 15.4 Å². The van der Waals surface area contributed by atoms with Crippen molar-refractivity contribution in [2.75, 3.05) is 31.2 Å². The number of carbonyl (C=O) groups is 1. The van der Waals surface area contributed by atoms with E-state index < -0.39 is 0 Å². The molecule has 0 N–H and O–H groups in total. The predicted octanol–water partition coefficient (Wildman–Crippen LogP) is 2.14. The molecule has 1 saturated carbocycles. The summed E-state index contributed by atoms with van der Waals surface area (Å²) >= 11 is 0. The van der Waals surface area contributed by atoms with Crippen molar-refractivity contribution in [2.45, 2.75) is 50.2 Å². The van der Waals surface area contributed by atoms with Gasteiger partial charge in [0.05, 0.1) is 18.8 Å². The largest absolute Gasteiger partial charge is 0.379 e. The van der Waals surface area contributed by atoms with Gasteiger partial charge in [-0.15, -0.1) is 0 Å². The molecule has 0 radical (unpaired) electrons. The molecule has 0 aromatic carbocycles. The summed E-state index contributed by atoms with van der Waals surface area (Å²) in [5.74, 6) is 1.64. The molecule has 6 heterocycles. The van der Waals surface area contributed by atoms with Gasteiger partial charge < -0.3 is 14.5 Å². The van der Waals surface area contributed by atoms with Gasteiger partial charge in [0.15, 0.2) is 5.82 Å². The fourth-order valence-corrected chi connectivity index (χ4v) is 5.71. The van der Waals surface area contributed by atoms with Crippen molar-refractivity contribution in [3.63, 3.8) is 0 Å². The fourth-order valence-electron chi connectivity index (χ4n) is 5.71. The Labute approximate surface area is 186 Å². The minimum atomic E-state index is 0.292. The molecule has 3 aliphatic heterocycles. The summed E-state index contributed by atoms with van der Waals surface area (Å²) in [5.41, 5.74) is 3.16. The lowest BCUT2D eigenvalue weighted by Crippen LogP contribution is -2.56. The van der Waals surface area contributed by atoms with E-state index in [0.717, 1.165) is 80.9 Å². The predicted molar refractivity (Wildman–Crippen MR) is 117 cm³/mol. The van der Waals surface area contributed by atoms with E-state index in [1.54, 1.807) is 6.33 Å². The number of fused-ring (bicyclic) bond motifs is 3. The molecular weight excluding hydrogens is 406 g/mol. The third-order valence-electron chi connectivity index (χ3n) is 7.56. The Morgan fingerprint density at radius 1 is 0.969 bits per heavy atom. The van der Waals surface area contributed by atoms with Gasteiger partial charge in [0.2, 0.25) is 5.91 Å². The summed E-state index contributed by atoms with van der Waals surface area (Å²) in [7, 11) is 0. The number of ether oxygens (including phenoxy) is 1. The monoisotopic (exact) mass is 433 g/mol. The van der Waals surface area contributed by atoms with Crippen molar-refractivity contribution >= 4 is 17.2 Å². The molecule has 166 valence electrons. The van der Waals surface area contributed by atoms with E-state index in [9.17, 15) is 4.79 Å². The zero-order valence-electron chi connectivity index (χ0n) is 18.0. The number of nitrogens with zero attached hydrogens (tertiary/aromatic N) is 7. The van der Waals surface area contributed by atoms with Gasteiger partial charge >= 0.3 is 0 Å². The van der Waals surface area contributed by atoms with Crippen LogP contribution in [0.1, 0.15) is 38.1 Å². The molecule has 9 nitrogen and oxygen atoms in total. The summed E-state index contributed by atoms with van der Waals surface area (Å²) in [6, 6.07) is 3.09. The number of hydrogen-bond donors (Lipinski definition) is 0. The van der Waals surface area contributed by atoms with Gasteiger partial charge in [-0.2, -0.15) is 10.2 Å². The third-order valence-corrected chi connectivity index (χ3v) is 7.56. The second kappa shape index (κ2) is 7.03. The third kappa shape index (κ3) is 2.94. The highest BCUT2D eigenvalue weighted by molar-refractivity contribution is 5.83. The van der Waals surface area contributed by atoms with Gasteiger partial charge in [0.1, 0.15) is 11.8 Å². The number of carbonyl (C=O) groups excluding carboxylic acids is 1. The van der Waals surface area contributed by atoms with Crippen LogP contribution in [0.15, 0.2) is 31.0 Å². The SMILES string of the molecule is O=C(C1CC1)N1C2CCC1CN(c1ncnn3cc(-c4cnn([C@@H]5CCOC5)c4)cc13)C2. The van der Waals surface area contributed by atoms with Gasteiger partial charge in [-0.25, -0.2) is 9.50 Å². The second-order valence-corrected chi connectivity index (χ2v) is 9.68. The van der Waals surface area contributed by atoms with Crippen molar-refractivity contribution < 1.29 is 9.53 Å². The number of aromatic nitrogens is 5. The summed E-state index contributed by atoms with van der Waals surface area (Å²) in [6.45, 7) is 3.23. The van der Waals surface area contributed by atoms with Crippen molar-refractivity contribution in [3.05, 3.63) is 31.0 Å². The van der Waals surface area contributed by atoms with Crippen LogP contribution in [0, 0.1) is 5.92 Å². The molecule has 4 aliphatic rings. The summed E-state index contributed by atoms with van der Waals surface area (Å²) < 4.78 is 9.44. The van der Waals surface area contributed by atoms with Crippen LogP contribution < -0.4 is 4.90 Å². The normalized spacial score (nSPS) is 27.6. The lowest BCUT2D eigenvalue weighted by atomic mass is 10.1. The van der Waals surface area contributed by atoms with Gasteiger partial charge in [-0.3, -0.25) is 9.48 Å². The topological polar surface area (TPSA) is 80.8 Å². The minimum Gasteiger partial charge on any atom is -0.379 e. The van der Waals surface area contributed by atoms with E-state index in [0.29, 0.717) is 30.0 Å². The first-order valence-corrected chi connectivity index (χ1v) is 11.8. The van der Waals surface area contributed by atoms with Gasteiger partial charge in [-0.1, -0.05) is 0 Å². The smallest absolute Gasteiger partial charge is 0.226 e. The molecule has 4 fully saturated rings. The van der Waals surface area contributed by atoms with E-state index in [4.69, 9.17) is 4.74 Å². The molecule has 32 heavy (non-hydrogen) atoms. The van der Waals surface area contributed by atoms with E-state index in [1.165, 1.54) is 0 Å². The average Bonchev–Trinajstić information content (AvgIpc) is 3.19. The molecule has 0 spiro atoms. The van der Waals surface area contributed by atoms with Crippen LogP contribution in [0.2, 0.25) is 0 Å². The van der Waals surface area contributed by atoms with Crippen LogP contribution in [0.25, 0.3) is 16.6 Å². The maximum atomic E-state index is 12.8. The highest BCUT2D eigenvalue weighted by Gasteiger charge is 2.46. The molecule has 1 amide bonds. The quantitative estimate of drug-likeness (QED) is 0.627. The lowest BCUT2D eigenvalue weighted by Gasteiger charge is -2.41. The Morgan fingerprint density at radius 3 is 2.56 bits per heavy atom. The summed E-state index contributed by atoms with van der Waals surface area (Å²) in [4.78, 5) is 22.0. The highest BCUT2D eigenvalue weighted by Crippen LogP contribution is 2.39. The highest BCUT2D eigenvalue weighted by atomic mass is 16.5. The number of hydrogen-bond acceptors (Lipinski definition) is 6. The summed E-state index contributed by atoms with van der Waals surface area (Å²) in [6.07, 6.45) is 13.0. The van der Waals surface area contributed by atoms with Gasteiger partial charge in [0, 0.05) is 61.2 Å². The Bertz CT molecular complexity index is 1160. The van der Waals surface area contributed by atoms with Crippen molar-refractivity contribution in [3.8, 4) is 11.1 Å². The number of anilines is 1. The molecule has 3 aromatic heterocycles. The Hall–Kier alpha value is -2.94. The summed E-state index contributed by atoms with van der Waals surface area (Å²) in [5, 5.41) is 9.04. The lowest BCUT2D eigenvalue weighted by molar-refractivity contribution is -0.135. The average molecular weight is 434 g/mol. The van der Waals surface area contributed by atoms with Crippen LogP contribution in [0.4, 0.5) is 5.82 Å². The van der Waals surface area contributed by atoms with Crippen LogP contribution in [-0.4, -0.2) is 73.6 Å². The maximum absolute atomic E-state index is 12.8. The standard InChI is InChI=1S/C23H27N7O2/c31-23(15-1-2-15)30-18-3-4-19(30)12-27(11-18)22-21-7-16(9-29(21)26-14-24-22)17-8-25-28(10-17)20-5-6-32-13-20/h7-10,14-15,18-20H,1-6,11-13H2/t18?,19?,20-/m1/s1. The molecule has 1 aliphatic carbocycles. The number of piperazine rings is 1. The minimum absolute atomic E-state index is 0.292. The van der Waals surface area contributed by atoms with E-state index >= 15 is 0 Å². The molecule has 7 rings (SSSR count). The van der Waals surface area contributed by atoms with Crippen LogP contribution in [0.3, 0.4) is 0 Å². The van der Waals surface area contributed by atoms with Gasteiger partial charge in [0.25, 0.3) is 0 Å². The van der Waals surface area contributed by atoms with Crippen LogP contribution in [0.5, 0.6) is 0 Å². The van der Waals surface area contributed by atoms with E-state index in [-0.39, 0.29) is 0 Å². The van der Waals surface area contributed by atoms with Crippen molar-refractivity contribution in [1.82, 2.24) is 29.3 Å². The van der Waals surface area contributed by atoms with Crippen LogP contribution >= 0.6 is 0 Å². The maximum Gasteiger partial charge on any atom is 0.226 e. The zero-order chi connectivity index (χ0) is 21.2. The zero-order valence-corrected chi connectivity index (χ0v) is 18.0. The Morgan fingerprint density at radius 2 is 1.81 bits per heavy atom. The number of rotatable bonds is 4. The molecule has 2 bridgehead atoms. The van der Waals surface area contributed by atoms with Crippen molar-refractivity contribution in [1.29, 1.82) is 0 Å². The molecule has 2 unspecified atom stereocenters. The molecular formula is C23H27N7O2. The molecule has 3 aromatic rings. The first-order chi connectivity index (χ1) is 15.7. The molecule has 9 heteroatoms. The Kier molecular flexibility index (Phi) is 4.09. The fraction of sp³-hybridized carbons (Fsp3) is 0.565. The Balaban J connectivity index is 1.18. The molecule has 3 atom stereocenters. The van der Waals surface area contributed by atoms with Gasteiger partial charge in [-0.05, 0) is 38.2 Å². The number of amides is 1. The van der Waals surface area contributed by atoms with E-state index in [2.05, 4.69) is 43.4 Å². The molecule has 3 saturated heterocycles. The first-order valence-electron chi connectivity index (χ1n) is 11.8. The van der Waals surface area contributed by atoms with Crippen molar-refractivity contribution in [2.24, 2.45) is 5.92 Å². The van der Waals surface area contributed by atoms with Crippen LogP contribution in [-0.2, 0) is 9.53 Å². The first kappa shape index (κ1) is 18.6. The second-order valence-electron chi connectivity index (χ2n) is 9.68.